The number of carbonyl (C=O) groups excluding carboxylic acids is 2. The van der Waals surface area contributed by atoms with Gasteiger partial charge >= 0.3 is 6.18 Å². The number of alkyl halides is 3. The van der Waals surface area contributed by atoms with Crippen LogP contribution in [0.2, 0.25) is 0 Å². The van der Waals surface area contributed by atoms with Gasteiger partial charge in [-0.15, -0.1) is 0 Å². The minimum atomic E-state index is -4.48. The molecule has 0 bridgehead atoms. The van der Waals surface area contributed by atoms with Gasteiger partial charge in [-0.2, -0.15) is 13.2 Å². The number of likely N-dealkylation sites (tertiary alicyclic amines) is 1. The van der Waals surface area contributed by atoms with Crippen molar-refractivity contribution in [3.8, 4) is 0 Å². The Kier molecular flexibility index (Phi) is 4.76. The SMILES string of the molecule is Cc1occc1C(=O)N[C@H]1CC(=O)N(Cc2ccccc2C(F)(F)F)C1. The van der Waals surface area contributed by atoms with E-state index in [2.05, 4.69) is 5.32 Å². The van der Waals surface area contributed by atoms with Gasteiger partial charge in [-0.25, -0.2) is 0 Å². The number of hydrogen-bond donors (Lipinski definition) is 1. The highest BCUT2D eigenvalue weighted by Crippen LogP contribution is 2.32. The third kappa shape index (κ3) is 3.74. The molecular formula is C18H17F3N2O3. The van der Waals surface area contributed by atoms with Crippen LogP contribution in [0, 0.1) is 6.92 Å². The van der Waals surface area contributed by atoms with Crippen LogP contribution in [0.4, 0.5) is 13.2 Å². The Morgan fingerprint density at radius 3 is 2.69 bits per heavy atom. The van der Waals surface area contributed by atoms with E-state index in [0.29, 0.717) is 11.3 Å². The molecule has 2 aromatic rings. The van der Waals surface area contributed by atoms with Gasteiger partial charge in [-0.1, -0.05) is 18.2 Å². The lowest BCUT2D eigenvalue weighted by Crippen LogP contribution is -2.37. The van der Waals surface area contributed by atoms with E-state index < -0.39 is 17.8 Å². The molecule has 2 heterocycles. The van der Waals surface area contributed by atoms with Gasteiger partial charge in [0.05, 0.1) is 23.4 Å². The van der Waals surface area contributed by atoms with Crippen molar-refractivity contribution in [3.05, 3.63) is 59.0 Å². The van der Waals surface area contributed by atoms with Gasteiger partial charge in [0.1, 0.15) is 5.76 Å². The van der Waals surface area contributed by atoms with Gasteiger partial charge in [0, 0.05) is 19.5 Å². The molecule has 0 saturated carbocycles. The maximum absolute atomic E-state index is 13.1. The summed E-state index contributed by atoms with van der Waals surface area (Å²) in [7, 11) is 0. The molecule has 0 unspecified atom stereocenters. The van der Waals surface area contributed by atoms with Crippen LogP contribution in [-0.2, 0) is 17.5 Å². The Hall–Kier alpha value is -2.77. The Morgan fingerprint density at radius 2 is 2.04 bits per heavy atom. The van der Waals surface area contributed by atoms with Gasteiger partial charge in [-0.05, 0) is 24.6 Å². The van der Waals surface area contributed by atoms with Crippen LogP contribution in [0.5, 0.6) is 0 Å². The van der Waals surface area contributed by atoms with Crippen LogP contribution in [-0.4, -0.2) is 29.3 Å². The van der Waals surface area contributed by atoms with Gasteiger partial charge in [0.15, 0.2) is 0 Å². The third-order valence-corrected chi connectivity index (χ3v) is 4.34. The standard InChI is InChI=1S/C18H17F3N2O3/c1-11-14(6-7-26-11)17(25)22-13-8-16(24)23(10-13)9-12-4-2-3-5-15(12)18(19,20)21/h2-7,13H,8-10H2,1H3,(H,22,25)/t13-/m0/s1. The van der Waals surface area contributed by atoms with E-state index in [9.17, 15) is 22.8 Å². The second-order valence-electron chi connectivity index (χ2n) is 6.19. The van der Waals surface area contributed by atoms with Crippen molar-refractivity contribution < 1.29 is 27.2 Å². The first kappa shape index (κ1) is 18.0. The van der Waals surface area contributed by atoms with Crippen LogP contribution in [0.15, 0.2) is 41.0 Å². The zero-order valence-corrected chi connectivity index (χ0v) is 14.0. The molecule has 5 nitrogen and oxygen atoms in total. The monoisotopic (exact) mass is 366 g/mol. The minimum absolute atomic E-state index is 0.0333. The molecule has 26 heavy (non-hydrogen) atoms. The fraction of sp³-hybridized carbons (Fsp3) is 0.333. The van der Waals surface area contributed by atoms with E-state index >= 15 is 0 Å². The Morgan fingerprint density at radius 1 is 1.31 bits per heavy atom. The lowest BCUT2D eigenvalue weighted by atomic mass is 10.1. The number of furan rings is 1. The van der Waals surface area contributed by atoms with Crippen molar-refractivity contribution in [2.24, 2.45) is 0 Å². The Labute approximate surface area is 147 Å². The van der Waals surface area contributed by atoms with E-state index in [-0.39, 0.29) is 36.9 Å². The summed E-state index contributed by atoms with van der Waals surface area (Å²) in [5.74, 6) is -0.203. The van der Waals surface area contributed by atoms with E-state index in [0.717, 1.165) is 6.07 Å². The minimum Gasteiger partial charge on any atom is -0.469 e. The normalized spacial score (nSPS) is 17.6. The van der Waals surface area contributed by atoms with Gasteiger partial charge in [0.25, 0.3) is 5.91 Å². The van der Waals surface area contributed by atoms with Gasteiger partial charge in [-0.3, -0.25) is 9.59 Å². The highest BCUT2D eigenvalue weighted by molar-refractivity contribution is 5.95. The van der Waals surface area contributed by atoms with Gasteiger partial charge < -0.3 is 14.6 Å². The highest BCUT2D eigenvalue weighted by Gasteiger charge is 2.36. The van der Waals surface area contributed by atoms with Crippen LogP contribution in [0.1, 0.15) is 33.7 Å². The van der Waals surface area contributed by atoms with Crippen molar-refractivity contribution >= 4 is 11.8 Å². The second kappa shape index (κ2) is 6.86. The lowest BCUT2D eigenvalue weighted by Gasteiger charge is -2.20. The fourth-order valence-electron chi connectivity index (χ4n) is 3.05. The van der Waals surface area contributed by atoms with E-state index in [1.165, 1.54) is 35.4 Å². The average Bonchev–Trinajstić information content (AvgIpc) is 3.13. The molecule has 138 valence electrons. The zero-order chi connectivity index (χ0) is 18.9. The molecule has 1 aromatic carbocycles. The number of nitrogens with one attached hydrogen (secondary N) is 1. The summed E-state index contributed by atoms with van der Waals surface area (Å²) in [5, 5.41) is 2.73. The lowest BCUT2D eigenvalue weighted by molar-refractivity contribution is -0.139. The summed E-state index contributed by atoms with van der Waals surface area (Å²) in [6.07, 6.45) is -3.03. The first-order valence-corrected chi connectivity index (χ1v) is 8.03. The molecule has 1 N–H and O–H groups in total. The highest BCUT2D eigenvalue weighted by atomic mass is 19.4. The van der Waals surface area contributed by atoms with Crippen molar-refractivity contribution in [2.45, 2.75) is 32.1 Å². The van der Waals surface area contributed by atoms with Crippen LogP contribution in [0.25, 0.3) is 0 Å². The van der Waals surface area contributed by atoms with Crippen molar-refractivity contribution in [1.82, 2.24) is 10.2 Å². The molecular weight excluding hydrogens is 349 g/mol. The first-order chi connectivity index (χ1) is 12.3. The predicted molar refractivity (Wildman–Crippen MR) is 86.2 cm³/mol. The maximum atomic E-state index is 13.1. The van der Waals surface area contributed by atoms with Gasteiger partial charge in [0.2, 0.25) is 5.91 Å². The number of halogens is 3. The molecule has 0 spiro atoms. The molecule has 1 aliphatic heterocycles. The zero-order valence-electron chi connectivity index (χ0n) is 14.0. The number of nitrogens with zero attached hydrogens (tertiary/aromatic N) is 1. The number of carbonyl (C=O) groups is 2. The summed E-state index contributed by atoms with van der Waals surface area (Å²) in [6, 6.07) is 6.25. The van der Waals surface area contributed by atoms with Crippen molar-refractivity contribution in [3.63, 3.8) is 0 Å². The van der Waals surface area contributed by atoms with E-state index in [1.807, 2.05) is 0 Å². The number of aryl methyl sites for hydroxylation is 1. The summed E-state index contributed by atoms with van der Waals surface area (Å²) in [5.41, 5.74) is -0.348. The molecule has 1 aromatic heterocycles. The molecule has 3 rings (SSSR count). The second-order valence-corrected chi connectivity index (χ2v) is 6.19. The van der Waals surface area contributed by atoms with Crippen LogP contribution >= 0.6 is 0 Å². The largest absolute Gasteiger partial charge is 0.469 e. The molecule has 1 saturated heterocycles. The molecule has 8 heteroatoms. The first-order valence-electron chi connectivity index (χ1n) is 8.03. The quantitative estimate of drug-likeness (QED) is 0.904. The van der Waals surface area contributed by atoms with E-state index in [1.54, 1.807) is 6.92 Å². The predicted octanol–water partition coefficient (Wildman–Crippen LogP) is 3.14. The third-order valence-electron chi connectivity index (χ3n) is 4.34. The van der Waals surface area contributed by atoms with Crippen molar-refractivity contribution in [2.75, 3.05) is 6.54 Å². The molecule has 1 aliphatic rings. The van der Waals surface area contributed by atoms with Crippen LogP contribution in [0.3, 0.4) is 0 Å². The summed E-state index contributed by atoms with van der Waals surface area (Å²) in [6.45, 7) is 1.66. The number of hydrogen-bond acceptors (Lipinski definition) is 3. The summed E-state index contributed by atoms with van der Waals surface area (Å²) in [4.78, 5) is 25.7. The molecule has 0 aliphatic carbocycles. The molecule has 1 fully saturated rings. The maximum Gasteiger partial charge on any atom is 0.416 e. The topological polar surface area (TPSA) is 62.6 Å². The average molecular weight is 366 g/mol. The number of benzene rings is 1. The molecule has 0 radical (unpaired) electrons. The number of rotatable bonds is 4. The Bertz CT molecular complexity index is 829. The fourth-order valence-corrected chi connectivity index (χ4v) is 3.05. The Balaban J connectivity index is 1.68. The van der Waals surface area contributed by atoms with E-state index in [4.69, 9.17) is 4.42 Å². The molecule has 2 amide bonds. The molecule has 1 atom stereocenters. The smallest absolute Gasteiger partial charge is 0.416 e. The summed E-state index contributed by atoms with van der Waals surface area (Å²) < 4.78 is 44.4. The van der Waals surface area contributed by atoms with Crippen LogP contribution < -0.4 is 5.32 Å². The van der Waals surface area contributed by atoms with Crippen molar-refractivity contribution in [1.29, 1.82) is 0 Å². The number of amides is 2. The summed E-state index contributed by atoms with van der Waals surface area (Å²) >= 11 is 0.